The van der Waals surface area contributed by atoms with Gasteiger partial charge in [0.1, 0.15) is 11.8 Å². The molecule has 0 aliphatic rings. The molecule has 0 rings (SSSR count). The monoisotopic (exact) mass is 227 g/mol. The number of nitrogens with one attached hydrogen (secondary N) is 1. The van der Waals surface area contributed by atoms with Crippen molar-refractivity contribution in [3.63, 3.8) is 0 Å². The van der Waals surface area contributed by atoms with Gasteiger partial charge in [0, 0.05) is 0 Å². The third-order valence-electron chi connectivity index (χ3n) is 1.47. The van der Waals surface area contributed by atoms with E-state index in [9.17, 15) is 9.90 Å². The van der Waals surface area contributed by atoms with Gasteiger partial charge in [-0.15, -0.1) is 0 Å². The zero-order valence-corrected chi connectivity index (χ0v) is 10.4. The van der Waals surface area contributed by atoms with Crippen molar-refractivity contribution in [3.8, 4) is 0 Å². The van der Waals surface area contributed by atoms with Crippen LogP contribution in [0.25, 0.3) is 0 Å². The fourth-order valence-electron chi connectivity index (χ4n) is 0.914. The molecule has 1 atom stereocenters. The summed E-state index contributed by atoms with van der Waals surface area (Å²) in [6.45, 7) is 7.26. The van der Waals surface area contributed by atoms with Crippen molar-refractivity contribution in [1.82, 2.24) is 5.32 Å². The van der Waals surface area contributed by atoms with Crippen LogP contribution >= 0.6 is 0 Å². The average molecular weight is 227 g/mol. The van der Waals surface area contributed by atoms with Gasteiger partial charge in [0.2, 0.25) is 0 Å². The van der Waals surface area contributed by atoms with Crippen molar-refractivity contribution in [2.75, 3.05) is 6.54 Å². The second-order valence-electron chi connectivity index (χ2n) is 4.32. The minimum atomic E-state index is -0.844. The first-order valence-electron chi connectivity index (χ1n) is 5.28. The fraction of sp³-hybridized carbons (Fsp3) is 0.583. The summed E-state index contributed by atoms with van der Waals surface area (Å²) in [7, 11) is 0. The van der Waals surface area contributed by atoms with Crippen LogP contribution in [0.4, 0.5) is 0 Å². The molecule has 4 nitrogen and oxygen atoms in total. The minimum absolute atomic E-state index is 0.0153. The summed E-state index contributed by atoms with van der Waals surface area (Å²) in [6, 6.07) is 0. The van der Waals surface area contributed by atoms with Gasteiger partial charge >= 0.3 is 5.97 Å². The third kappa shape index (κ3) is 9.43. The van der Waals surface area contributed by atoms with Gasteiger partial charge in [0.05, 0.1) is 6.54 Å². The van der Waals surface area contributed by atoms with Crippen LogP contribution in [0.1, 0.15) is 27.7 Å². The average Bonchev–Trinajstić information content (AvgIpc) is 2.12. The van der Waals surface area contributed by atoms with Crippen molar-refractivity contribution in [3.05, 3.63) is 24.3 Å². The number of hydrogen-bond acceptors (Lipinski definition) is 4. The molecule has 92 valence electrons. The van der Waals surface area contributed by atoms with E-state index < -0.39 is 11.8 Å². The molecule has 0 aromatic rings. The Hall–Kier alpha value is -1.13. The Balaban J connectivity index is 3.84. The Morgan fingerprint density at radius 2 is 2.06 bits per heavy atom. The quantitative estimate of drug-likeness (QED) is 0.423. The Morgan fingerprint density at radius 1 is 1.44 bits per heavy atom. The number of carbonyl (C=O) groups excluding carboxylic acids is 1. The lowest BCUT2D eigenvalue weighted by Gasteiger charge is -2.20. The Bertz CT molecular complexity index is 264. The zero-order chi connectivity index (χ0) is 12.6. The van der Waals surface area contributed by atoms with Crippen molar-refractivity contribution >= 4 is 5.97 Å². The lowest BCUT2D eigenvalue weighted by molar-refractivity contribution is -0.154. The van der Waals surface area contributed by atoms with E-state index in [0.717, 1.165) is 0 Å². The SMILES string of the molecule is C/C=C/C=C/C(O)NCC(=O)OC(C)(C)C. The molecule has 0 aliphatic carbocycles. The molecule has 0 spiro atoms. The number of allylic oxidation sites excluding steroid dienone is 3. The van der Waals surface area contributed by atoms with Crippen LogP contribution in [0.5, 0.6) is 0 Å². The maximum Gasteiger partial charge on any atom is 0.320 e. The molecule has 4 heteroatoms. The first kappa shape index (κ1) is 14.9. The molecule has 0 heterocycles. The van der Waals surface area contributed by atoms with Gasteiger partial charge in [-0.1, -0.05) is 18.2 Å². The minimum Gasteiger partial charge on any atom is -0.459 e. The lowest BCUT2D eigenvalue weighted by Crippen LogP contribution is -2.36. The number of aliphatic hydroxyl groups excluding tert-OH is 1. The van der Waals surface area contributed by atoms with E-state index in [4.69, 9.17) is 4.74 Å². The topological polar surface area (TPSA) is 58.6 Å². The van der Waals surface area contributed by atoms with Gasteiger partial charge in [-0.3, -0.25) is 10.1 Å². The first-order valence-corrected chi connectivity index (χ1v) is 5.28. The second-order valence-corrected chi connectivity index (χ2v) is 4.32. The van der Waals surface area contributed by atoms with Crippen LogP contribution in [0.3, 0.4) is 0 Å². The summed E-state index contributed by atoms with van der Waals surface area (Å²) >= 11 is 0. The van der Waals surface area contributed by atoms with E-state index in [1.54, 1.807) is 39.0 Å². The predicted molar refractivity (Wildman–Crippen MR) is 63.8 cm³/mol. The van der Waals surface area contributed by atoms with Gasteiger partial charge in [-0.2, -0.15) is 0 Å². The predicted octanol–water partition coefficient (Wildman–Crippen LogP) is 1.37. The highest BCUT2D eigenvalue weighted by molar-refractivity contribution is 5.72. The maximum atomic E-state index is 11.3. The van der Waals surface area contributed by atoms with E-state index in [1.807, 2.05) is 13.0 Å². The molecule has 16 heavy (non-hydrogen) atoms. The summed E-state index contributed by atoms with van der Waals surface area (Å²) in [5.74, 6) is -0.383. The Labute approximate surface area is 97.0 Å². The van der Waals surface area contributed by atoms with Crippen LogP contribution in [0.15, 0.2) is 24.3 Å². The van der Waals surface area contributed by atoms with Crippen molar-refractivity contribution in [2.45, 2.75) is 39.5 Å². The molecule has 0 saturated heterocycles. The number of esters is 1. The van der Waals surface area contributed by atoms with Crippen molar-refractivity contribution < 1.29 is 14.6 Å². The fourth-order valence-corrected chi connectivity index (χ4v) is 0.914. The van der Waals surface area contributed by atoms with E-state index >= 15 is 0 Å². The Morgan fingerprint density at radius 3 is 2.56 bits per heavy atom. The summed E-state index contributed by atoms with van der Waals surface area (Å²) in [5, 5.41) is 12.0. The number of hydrogen-bond donors (Lipinski definition) is 2. The van der Waals surface area contributed by atoms with E-state index in [0.29, 0.717) is 0 Å². The van der Waals surface area contributed by atoms with Gasteiger partial charge in [0.15, 0.2) is 0 Å². The first-order chi connectivity index (χ1) is 7.35. The molecule has 0 saturated carbocycles. The molecule has 0 aliphatic heterocycles. The molecular formula is C12H21NO3. The van der Waals surface area contributed by atoms with Crippen LogP contribution in [-0.4, -0.2) is 29.4 Å². The van der Waals surface area contributed by atoms with Crippen molar-refractivity contribution in [1.29, 1.82) is 0 Å². The van der Waals surface area contributed by atoms with Crippen LogP contribution in [-0.2, 0) is 9.53 Å². The number of ether oxygens (including phenoxy) is 1. The molecule has 1 unspecified atom stereocenters. The van der Waals surface area contributed by atoms with E-state index in [-0.39, 0.29) is 12.5 Å². The summed E-state index contributed by atoms with van der Waals surface area (Å²) < 4.78 is 5.06. The number of rotatable bonds is 5. The van der Waals surface area contributed by atoms with Gasteiger partial charge in [-0.25, -0.2) is 0 Å². The van der Waals surface area contributed by atoms with Crippen LogP contribution in [0.2, 0.25) is 0 Å². The largest absolute Gasteiger partial charge is 0.459 e. The summed E-state index contributed by atoms with van der Waals surface area (Å²) in [5.41, 5.74) is -0.496. The molecule has 0 aromatic heterocycles. The second kappa shape index (κ2) is 7.19. The van der Waals surface area contributed by atoms with Crippen LogP contribution in [0, 0.1) is 0 Å². The van der Waals surface area contributed by atoms with Gasteiger partial charge < -0.3 is 9.84 Å². The lowest BCUT2D eigenvalue weighted by atomic mass is 10.2. The highest BCUT2D eigenvalue weighted by atomic mass is 16.6. The van der Waals surface area contributed by atoms with Crippen LogP contribution < -0.4 is 5.32 Å². The third-order valence-corrected chi connectivity index (χ3v) is 1.47. The van der Waals surface area contributed by atoms with E-state index in [2.05, 4.69) is 5.32 Å². The number of carbonyl (C=O) groups is 1. The summed E-state index contributed by atoms with van der Waals surface area (Å²) in [6.07, 6.45) is 6.04. The molecule has 0 aromatic carbocycles. The van der Waals surface area contributed by atoms with Gasteiger partial charge in [-0.05, 0) is 33.8 Å². The van der Waals surface area contributed by atoms with Gasteiger partial charge in [0.25, 0.3) is 0 Å². The molecule has 0 bridgehead atoms. The standard InChI is InChI=1S/C12H21NO3/c1-5-6-7-8-10(14)13-9-11(15)16-12(2,3)4/h5-8,10,13-14H,9H2,1-4H3/b6-5+,8-7+. The normalized spacial score (nSPS) is 14.6. The Kier molecular flexibility index (Phi) is 6.69. The molecule has 0 fully saturated rings. The van der Waals surface area contributed by atoms with Crippen molar-refractivity contribution in [2.24, 2.45) is 0 Å². The van der Waals surface area contributed by atoms with E-state index in [1.165, 1.54) is 0 Å². The highest BCUT2D eigenvalue weighted by Crippen LogP contribution is 2.06. The summed E-state index contributed by atoms with van der Waals surface area (Å²) in [4.78, 5) is 11.3. The zero-order valence-electron chi connectivity index (χ0n) is 10.4. The maximum absolute atomic E-state index is 11.3. The smallest absolute Gasteiger partial charge is 0.320 e. The molecular weight excluding hydrogens is 206 g/mol. The molecule has 2 N–H and O–H groups in total. The highest BCUT2D eigenvalue weighted by Gasteiger charge is 2.16. The molecule has 0 radical (unpaired) electrons. The number of aliphatic hydroxyl groups is 1. The molecule has 0 amide bonds.